The van der Waals surface area contributed by atoms with Gasteiger partial charge in [0, 0.05) is 5.57 Å². The standard InChI is InChI=1S/C14H24O4/c1-4-7-8-11(5-2)9-12(10-13(15)16)14(17)18-6-3/h9,11H,4-8,10H2,1-3H3,(H,15,16). The van der Waals surface area contributed by atoms with E-state index in [2.05, 4.69) is 6.92 Å². The maximum Gasteiger partial charge on any atom is 0.334 e. The van der Waals surface area contributed by atoms with Gasteiger partial charge in [-0.2, -0.15) is 0 Å². The highest BCUT2D eigenvalue weighted by Gasteiger charge is 2.16. The van der Waals surface area contributed by atoms with Crippen LogP contribution in [0.15, 0.2) is 11.6 Å². The van der Waals surface area contributed by atoms with Gasteiger partial charge in [-0.15, -0.1) is 0 Å². The Bertz CT molecular complexity index is 294. The Morgan fingerprint density at radius 3 is 2.39 bits per heavy atom. The SMILES string of the molecule is CCCCC(C=C(CC(=O)O)C(=O)OCC)CC. The second kappa shape index (κ2) is 9.68. The van der Waals surface area contributed by atoms with Gasteiger partial charge in [-0.1, -0.05) is 32.8 Å². The molecule has 4 heteroatoms. The van der Waals surface area contributed by atoms with Gasteiger partial charge in [0.2, 0.25) is 0 Å². The molecule has 0 heterocycles. The van der Waals surface area contributed by atoms with E-state index in [1.54, 1.807) is 13.0 Å². The minimum absolute atomic E-state index is 0.253. The summed E-state index contributed by atoms with van der Waals surface area (Å²) in [6.45, 7) is 6.13. The first-order chi connectivity index (χ1) is 8.54. The Hall–Kier alpha value is -1.32. The summed E-state index contributed by atoms with van der Waals surface area (Å²) >= 11 is 0. The normalized spacial score (nSPS) is 13.2. The highest BCUT2D eigenvalue weighted by atomic mass is 16.5. The number of carbonyl (C=O) groups is 2. The molecule has 0 radical (unpaired) electrons. The number of hydrogen-bond acceptors (Lipinski definition) is 3. The van der Waals surface area contributed by atoms with E-state index in [1.807, 2.05) is 6.92 Å². The molecule has 0 aliphatic heterocycles. The van der Waals surface area contributed by atoms with Crippen molar-refractivity contribution >= 4 is 11.9 Å². The van der Waals surface area contributed by atoms with Crippen molar-refractivity contribution in [3.8, 4) is 0 Å². The van der Waals surface area contributed by atoms with Crippen molar-refractivity contribution in [2.24, 2.45) is 5.92 Å². The Balaban J connectivity index is 4.77. The van der Waals surface area contributed by atoms with Crippen molar-refractivity contribution in [1.82, 2.24) is 0 Å². The summed E-state index contributed by atoms with van der Waals surface area (Å²) in [5.74, 6) is -1.25. The van der Waals surface area contributed by atoms with Crippen LogP contribution in [0.3, 0.4) is 0 Å². The van der Waals surface area contributed by atoms with Crippen LogP contribution in [-0.2, 0) is 14.3 Å². The van der Waals surface area contributed by atoms with Crippen molar-refractivity contribution < 1.29 is 19.4 Å². The molecule has 0 spiro atoms. The first-order valence-electron chi connectivity index (χ1n) is 6.64. The largest absolute Gasteiger partial charge is 0.481 e. The van der Waals surface area contributed by atoms with Gasteiger partial charge < -0.3 is 9.84 Å². The average molecular weight is 256 g/mol. The predicted octanol–water partition coefficient (Wildman–Crippen LogP) is 3.17. The van der Waals surface area contributed by atoms with E-state index in [1.165, 1.54) is 0 Å². The van der Waals surface area contributed by atoms with E-state index in [-0.39, 0.29) is 24.5 Å². The van der Waals surface area contributed by atoms with E-state index >= 15 is 0 Å². The molecule has 1 N–H and O–H groups in total. The van der Waals surface area contributed by atoms with Crippen molar-refractivity contribution in [2.45, 2.75) is 52.9 Å². The van der Waals surface area contributed by atoms with Gasteiger partial charge in [-0.25, -0.2) is 4.79 Å². The molecule has 0 fully saturated rings. The Kier molecular flexibility index (Phi) is 8.97. The highest BCUT2D eigenvalue weighted by molar-refractivity contribution is 5.93. The van der Waals surface area contributed by atoms with Gasteiger partial charge in [0.05, 0.1) is 13.0 Å². The maximum atomic E-state index is 11.7. The fraction of sp³-hybridized carbons (Fsp3) is 0.714. The maximum absolute atomic E-state index is 11.7. The topological polar surface area (TPSA) is 63.6 Å². The van der Waals surface area contributed by atoms with Gasteiger partial charge in [-0.3, -0.25) is 4.79 Å². The third-order valence-corrected chi connectivity index (χ3v) is 2.77. The number of unbranched alkanes of at least 4 members (excludes halogenated alkanes) is 1. The third kappa shape index (κ3) is 7.09. The number of esters is 1. The zero-order valence-corrected chi connectivity index (χ0v) is 11.6. The molecule has 4 nitrogen and oxygen atoms in total. The van der Waals surface area contributed by atoms with Gasteiger partial charge in [0.15, 0.2) is 0 Å². The molecule has 0 aromatic heterocycles. The number of hydrogen-bond donors (Lipinski definition) is 1. The summed E-state index contributed by atoms with van der Waals surface area (Å²) in [6.07, 6.45) is 5.58. The van der Waals surface area contributed by atoms with E-state index in [9.17, 15) is 9.59 Å². The minimum Gasteiger partial charge on any atom is -0.481 e. The molecule has 0 amide bonds. The molecule has 0 rings (SSSR count). The first kappa shape index (κ1) is 16.7. The number of allylic oxidation sites excluding steroid dienone is 1. The van der Waals surface area contributed by atoms with Crippen LogP contribution >= 0.6 is 0 Å². The van der Waals surface area contributed by atoms with Crippen LogP contribution in [0.5, 0.6) is 0 Å². The molecule has 18 heavy (non-hydrogen) atoms. The van der Waals surface area contributed by atoms with Gasteiger partial charge in [0.1, 0.15) is 0 Å². The van der Waals surface area contributed by atoms with E-state index in [4.69, 9.17) is 9.84 Å². The predicted molar refractivity (Wildman–Crippen MR) is 70.3 cm³/mol. The molecule has 0 aliphatic carbocycles. The molecule has 0 saturated heterocycles. The Morgan fingerprint density at radius 2 is 1.94 bits per heavy atom. The zero-order chi connectivity index (χ0) is 14.0. The molecular formula is C14H24O4. The Labute approximate surface area is 109 Å². The molecule has 0 bridgehead atoms. The molecule has 1 atom stereocenters. The molecule has 0 saturated carbocycles. The molecule has 0 aromatic carbocycles. The summed E-state index contributed by atoms with van der Waals surface area (Å²) in [5.41, 5.74) is 0.271. The quantitative estimate of drug-likeness (QED) is 0.508. The monoisotopic (exact) mass is 256 g/mol. The zero-order valence-electron chi connectivity index (χ0n) is 11.6. The van der Waals surface area contributed by atoms with Crippen LogP contribution in [0, 0.1) is 5.92 Å². The summed E-state index contributed by atoms with van der Waals surface area (Å²) < 4.78 is 4.88. The molecule has 104 valence electrons. The molecule has 0 aliphatic rings. The number of ether oxygens (including phenoxy) is 1. The third-order valence-electron chi connectivity index (χ3n) is 2.77. The second-order valence-electron chi connectivity index (χ2n) is 4.29. The smallest absolute Gasteiger partial charge is 0.334 e. The van der Waals surface area contributed by atoms with Crippen LogP contribution in [-0.4, -0.2) is 23.7 Å². The van der Waals surface area contributed by atoms with Gasteiger partial charge in [0.25, 0.3) is 0 Å². The van der Waals surface area contributed by atoms with Crippen molar-refractivity contribution in [2.75, 3.05) is 6.61 Å². The van der Waals surface area contributed by atoms with Crippen molar-refractivity contribution in [3.63, 3.8) is 0 Å². The van der Waals surface area contributed by atoms with E-state index in [0.29, 0.717) is 0 Å². The van der Waals surface area contributed by atoms with Crippen LogP contribution in [0.2, 0.25) is 0 Å². The van der Waals surface area contributed by atoms with E-state index < -0.39 is 11.9 Å². The number of aliphatic carboxylic acids is 1. The van der Waals surface area contributed by atoms with Crippen LogP contribution in [0.1, 0.15) is 52.9 Å². The lowest BCUT2D eigenvalue weighted by molar-refractivity contribution is -0.142. The molecular weight excluding hydrogens is 232 g/mol. The van der Waals surface area contributed by atoms with Crippen molar-refractivity contribution in [3.05, 3.63) is 11.6 Å². The average Bonchev–Trinajstić information content (AvgIpc) is 2.32. The first-order valence-corrected chi connectivity index (χ1v) is 6.64. The number of carbonyl (C=O) groups excluding carboxylic acids is 1. The summed E-state index contributed by atoms with van der Waals surface area (Å²) in [4.78, 5) is 22.4. The molecule has 0 aromatic rings. The summed E-state index contributed by atoms with van der Waals surface area (Å²) in [5, 5.41) is 8.81. The number of rotatable bonds is 9. The number of carboxylic acid groups (broad SMARTS) is 1. The lowest BCUT2D eigenvalue weighted by Crippen LogP contribution is -2.13. The van der Waals surface area contributed by atoms with Gasteiger partial charge >= 0.3 is 11.9 Å². The number of carboxylic acids is 1. The fourth-order valence-electron chi connectivity index (χ4n) is 1.74. The summed E-state index contributed by atoms with van der Waals surface area (Å²) in [6, 6.07) is 0. The second-order valence-corrected chi connectivity index (χ2v) is 4.29. The highest BCUT2D eigenvalue weighted by Crippen LogP contribution is 2.18. The van der Waals surface area contributed by atoms with Crippen LogP contribution < -0.4 is 0 Å². The van der Waals surface area contributed by atoms with Crippen molar-refractivity contribution in [1.29, 1.82) is 0 Å². The van der Waals surface area contributed by atoms with E-state index in [0.717, 1.165) is 25.7 Å². The Morgan fingerprint density at radius 1 is 1.28 bits per heavy atom. The fourth-order valence-corrected chi connectivity index (χ4v) is 1.74. The van der Waals surface area contributed by atoms with Gasteiger partial charge in [-0.05, 0) is 25.7 Å². The lowest BCUT2D eigenvalue weighted by atomic mass is 9.95. The van der Waals surface area contributed by atoms with Crippen LogP contribution in [0.4, 0.5) is 0 Å². The minimum atomic E-state index is -1.00. The molecule has 1 unspecified atom stereocenters. The van der Waals surface area contributed by atoms with Crippen LogP contribution in [0.25, 0.3) is 0 Å². The lowest BCUT2D eigenvalue weighted by Gasteiger charge is -2.12. The summed E-state index contributed by atoms with van der Waals surface area (Å²) in [7, 11) is 0.